The average molecular weight is 310 g/mol. The van der Waals surface area contributed by atoms with E-state index >= 15 is 0 Å². The molecule has 112 valence electrons. The molecule has 3 nitrogen and oxygen atoms in total. The fraction of sp³-hybridized carbons (Fsp3) is 0.222. The maximum atomic E-state index is 6.23. The van der Waals surface area contributed by atoms with Gasteiger partial charge < -0.3 is 14.5 Å². The lowest BCUT2D eigenvalue weighted by Gasteiger charge is -2.30. The zero-order chi connectivity index (χ0) is 15.3. The molecular formula is C18H18N2OS. The first-order valence-electron chi connectivity index (χ1n) is 7.34. The molecule has 2 aliphatic heterocycles. The van der Waals surface area contributed by atoms with Gasteiger partial charge in [-0.25, -0.2) is 0 Å². The Morgan fingerprint density at radius 3 is 2.41 bits per heavy atom. The largest absolute Gasteiger partial charge is 0.462 e. The number of para-hydroxylation sites is 3. The SMILES string of the molecule is CN1/C(=C/C2(C)Oc3ccccc3N2C)Sc2ccccc21. The molecule has 0 N–H and O–H groups in total. The summed E-state index contributed by atoms with van der Waals surface area (Å²) in [6, 6.07) is 16.6. The summed E-state index contributed by atoms with van der Waals surface area (Å²) in [4.78, 5) is 5.70. The van der Waals surface area contributed by atoms with E-state index in [1.165, 1.54) is 15.6 Å². The van der Waals surface area contributed by atoms with Gasteiger partial charge in [0.2, 0.25) is 5.72 Å². The van der Waals surface area contributed by atoms with E-state index in [0.717, 1.165) is 11.4 Å². The fourth-order valence-corrected chi connectivity index (χ4v) is 4.15. The Morgan fingerprint density at radius 1 is 1.00 bits per heavy atom. The number of benzene rings is 2. The zero-order valence-electron chi connectivity index (χ0n) is 12.9. The highest BCUT2D eigenvalue weighted by Gasteiger charge is 2.39. The third-order valence-corrected chi connectivity index (χ3v) is 5.54. The first-order valence-corrected chi connectivity index (χ1v) is 8.15. The van der Waals surface area contributed by atoms with Crippen LogP contribution in [0.3, 0.4) is 0 Å². The lowest BCUT2D eigenvalue weighted by atomic mass is 10.2. The maximum absolute atomic E-state index is 6.23. The predicted molar refractivity (Wildman–Crippen MR) is 92.7 cm³/mol. The van der Waals surface area contributed by atoms with E-state index < -0.39 is 5.72 Å². The number of ether oxygens (including phenoxy) is 1. The standard InChI is InChI=1S/C18H18N2OS/c1-18(20(3)13-8-4-6-10-15(13)21-18)12-17-19(2)14-9-5-7-11-16(14)22-17/h4-12H,1-3H3/b17-12-. The van der Waals surface area contributed by atoms with Crippen LogP contribution in [-0.2, 0) is 0 Å². The van der Waals surface area contributed by atoms with Gasteiger partial charge in [-0.2, -0.15) is 0 Å². The third kappa shape index (κ3) is 1.91. The van der Waals surface area contributed by atoms with Gasteiger partial charge in [-0.15, -0.1) is 0 Å². The summed E-state index contributed by atoms with van der Waals surface area (Å²) in [6.45, 7) is 2.11. The molecule has 4 heteroatoms. The van der Waals surface area contributed by atoms with E-state index in [4.69, 9.17) is 4.74 Å². The minimum absolute atomic E-state index is 0.470. The first kappa shape index (κ1) is 13.6. The van der Waals surface area contributed by atoms with Gasteiger partial charge in [0, 0.05) is 25.1 Å². The third-order valence-electron chi connectivity index (χ3n) is 4.37. The van der Waals surface area contributed by atoms with E-state index in [0.29, 0.717) is 0 Å². The van der Waals surface area contributed by atoms with E-state index in [9.17, 15) is 0 Å². The molecule has 0 spiro atoms. The number of hydrogen-bond donors (Lipinski definition) is 0. The zero-order valence-corrected chi connectivity index (χ0v) is 13.7. The number of rotatable bonds is 1. The van der Waals surface area contributed by atoms with Crippen molar-refractivity contribution >= 4 is 23.1 Å². The molecule has 1 unspecified atom stereocenters. The van der Waals surface area contributed by atoms with Gasteiger partial charge in [0.1, 0.15) is 5.75 Å². The summed E-state index contributed by atoms with van der Waals surface area (Å²) in [6.07, 6.45) is 2.21. The number of fused-ring (bicyclic) bond motifs is 2. The van der Waals surface area contributed by atoms with Crippen molar-refractivity contribution in [2.45, 2.75) is 17.5 Å². The van der Waals surface area contributed by atoms with Gasteiger partial charge in [0.15, 0.2) is 0 Å². The van der Waals surface area contributed by atoms with Crippen LogP contribution in [0.4, 0.5) is 11.4 Å². The second-order valence-corrected chi connectivity index (χ2v) is 6.86. The van der Waals surface area contributed by atoms with Crippen LogP contribution in [0.15, 0.2) is 64.5 Å². The molecule has 2 heterocycles. The molecule has 0 bridgehead atoms. The normalized spacial score (nSPS) is 24.4. The molecule has 2 aliphatic rings. The molecule has 2 aromatic carbocycles. The van der Waals surface area contributed by atoms with Gasteiger partial charge in [0.05, 0.1) is 16.4 Å². The highest BCUT2D eigenvalue weighted by Crippen LogP contribution is 2.48. The highest BCUT2D eigenvalue weighted by molar-refractivity contribution is 8.03. The molecule has 0 saturated heterocycles. The Kier molecular flexibility index (Phi) is 2.91. The lowest BCUT2D eigenvalue weighted by Crippen LogP contribution is -2.43. The second kappa shape index (κ2) is 4.71. The van der Waals surface area contributed by atoms with Gasteiger partial charge in [0.25, 0.3) is 0 Å². The fourth-order valence-electron chi connectivity index (χ4n) is 2.95. The van der Waals surface area contributed by atoms with Gasteiger partial charge in [-0.1, -0.05) is 36.0 Å². The lowest BCUT2D eigenvalue weighted by molar-refractivity contribution is 0.167. The van der Waals surface area contributed by atoms with Crippen molar-refractivity contribution in [3.63, 3.8) is 0 Å². The number of thioether (sulfide) groups is 1. The van der Waals surface area contributed by atoms with Crippen LogP contribution in [0.2, 0.25) is 0 Å². The van der Waals surface area contributed by atoms with Gasteiger partial charge in [-0.05, 0) is 31.2 Å². The van der Waals surface area contributed by atoms with Crippen molar-refractivity contribution < 1.29 is 4.74 Å². The van der Waals surface area contributed by atoms with E-state index in [-0.39, 0.29) is 0 Å². The van der Waals surface area contributed by atoms with Crippen molar-refractivity contribution in [2.75, 3.05) is 23.9 Å². The minimum Gasteiger partial charge on any atom is -0.462 e. The Bertz CT molecular complexity index is 773. The van der Waals surface area contributed by atoms with Gasteiger partial charge >= 0.3 is 0 Å². The van der Waals surface area contributed by atoms with Crippen LogP contribution in [0.25, 0.3) is 0 Å². The molecule has 0 radical (unpaired) electrons. The molecule has 1 atom stereocenters. The average Bonchev–Trinajstić information content (AvgIpc) is 2.96. The van der Waals surface area contributed by atoms with E-state index in [1.807, 2.05) is 18.2 Å². The molecule has 22 heavy (non-hydrogen) atoms. The quantitative estimate of drug-likeness (QED) is 0.779. The molecular weight excluding hydrogens is 292 g/mol. The van der Waals surface area contributed by atoms with Crippen LogP contribution >= 0.6 is 11.8 Å². The molecule has 0 saturated carbocycles. The Labute approximate surface area is 135 Å². The highest BCUT2D eigenvalue weighted by atomic mass is 32.2. The predicted octanol–water partition coefficient (Wildman–Crippen LogP) is 4.31. The molecule has 4 rings (SSSR count). The van der Waals surface area contributed by atoms with Crippen LogP contribution in [0, 0.1) is 0 Å². The number of nitrogens with zero attached hydrogens (tertiary/aromatic N) is 2. The smallest absolute Gasteiger partial charge is 0.202 e. The Hall–Kier alpha value is -2.07. The molecule has 2 aromatic rings. The summed E-state index contributed by atoms with van der Waals surface area (Å²) in [5, 5.41) is 1.20. The summed E-state index contributed by atoms with van der Waals surface area (Å²) in [5.41, 5.74) is 1.91. The topological polar surface area (TPSA) is 15.7 Å². The van der Waals surface area contributed by atoms with E-state index in [1.54, 1.807) is 11.8 Å². The van der Waals surface area contributed by atoms with Crippen molar-refractivity contribution in [3.8, 4) is 5.75 Å². The van der Waals surface area contributed by atoms with Gasteiger partial charge in [-0.3, -0.25) is 0 Å². The summed E-state index contributed by atoms with van der Waals surface area (Å²) in [7, 11) is 4.19. The van der Waals surface area contributed by atoms with Crippen molar-refractivity contribution in [2.24, 2.45) is 0 Å². The molecule has 0 amide bonds. The number of anilines is 2. The van der Waals surface area contributed by atoms with Crippen LogP contribution in [0.5, 0.6) is 5.75 Å². The summed E-state index contributed by atoms with van der Waals surface area (Å²) < 4.78 is 6.23. The first-order chi connectivity index (χ1) is 10.6. The number of hydrogen-bond acceptors (Lipinski definition) is 4. The number of likely N-dealkylation sites (N-methyl/N-ethyl adjacent to an activating group) is 1. The van der Waals surface area contributed by atoms with E-state index in [2.05, 4.69) is 67.2 Å². The second-order valence-electron chi connectivity index (χ2n) is 5.79. The minimum atomic E-state index is -0.470. The maximum Gasteiger partial charge on any atom is 0.202 e. The molecule has 0 fully saturated rings. The van der Waals surface area contributed by atoms with Crippen molar-refractivity contribution in [1.29, 1.82) is 0 Å². The Morgan fingerprint density at radius 2 is 1.68 bits per heavy atom. The Balaban J connectivity index is 1.70. The monoisotopic (exact) mass is 310 g/mol. The van der Waals surface area contributed by atoms with Crippen molar-refractivity contribution in [1.82, 2.24) is 0 Å². The van der Waals surface area contributed by atoms with Crippen LogP contribution < -0.4 is 14.5 Å². The van der Waals surface area contributed by atoms with Crippen LogP contribution in [0.1, 0.15) is 6.92 Å². The molecule has 0 aromatic heterocycles. The van der Waals surface area contributed by atoms with Crippen molar-refractivity contribution in [3.05, 3.63) is 59.6 Å². The molecule has 0 aliphatic carbocycles. The summed E-state index contributed by atoms with van der Waals surface area (Å²) >= 11 is 1.79. The van der Waals surface area contributed by atoms with Crippen LogP contribution in [-0.4, -0.2) is 19.8 Å². The summed E-state index contributed by atoms with van der Waals surface area (Å²) in [5.74, 6) is 0.938.